The molecule has 3 heterocycles. The fourth-order valence-corrected chi connectivity index (χ4v) is 6.02. The second-order valence-electron chi connectivity index (χ2n) is 11.0. The molecule has 1 aliphatic carbocycles. The quantitative estimate of drug-likeness (QED) is 0.368. The lowest BCUT2D eigenvalue weighted by Gasteiger charge is -2.30. The first-order valence-electron chi connectivity index (χ1n) is 13.9. The van der Waals surface area contributed by atoms with Gasteiger partial charge in [0.2, 0.25) is 5.91 Å². The molecule has 3 aliphatic rings. The number of benzene rings is 2. The molecule has 3 fully saturated rings. The number of ether oxygens (including phenoxy) is 1. The van der Waals surface area contributed by atoms with Gasteiger partial charge >= 0.3 is 0 Å². The monoisotopic (exact) mass is 568 g/mol. The van der Waals surface area contributed by atoms with E-state index in [1.807, 2.05) is 42.5 Å². The summed E-state index contributed by atoms with van der Waals surface area (Å²) >= 11 is 12.6. The molecule has 3 aromatic rings. The molecule has 1 amide bonds. The van der Waals surface area contributed by atoms with Crippen molar-refractivity contribution in [1.82, 2.24) is 15.2 Å². The molecule has 39 heavy (non-hydrogen) atoms. The van der Waals surface area contributed by atoms with Crippen molar-refractivity contribution < 1.29 is 14.6 Å². The minimum Gasteiger partial charge on any atom is -0.489 e. The fourth-order valence-electron chi connectivity index (χ4n) is 5.61. The number of nitrogens with zero attached hydrogens (tertiary/aromatic N) is 3. The van der Waals surface area contributed by atoms with Crippen molar-refractivity contribution in [3.05, 3.63) is 64.1 Å². The molecule has 9 heteroatoms. The van der Waals surface area contributed by atoms with Crippen LogP contribution in [0.15, 0.2) is 48.5 Å². The molecule has 7 nitrogen and oxygen atoms in total. The van der Waals surface area contributed by atoms with Gasteiger partial charge < -0.3 is 25.0 Å². The number of hydrogen-bond acceptors (Lipinski definition) is 6. The van der Waals surface area contributed by atoms with Crippen LogP contribution in [0.1, 0.15) is 43.8 Å². The average Bonchev–Trinajstić information content (AvgIpc) is 3.36. The minimum absolute atomic E-state index is 0.0342. The zero-order valence-corrected chi connectivity index (χ0v) is 23.4. The maximum atomic E-state index is 13.5. The Balaban J connectivity index is 1.14. The number of amides is 1. The van der Waals surface area contributed by atoms with Crippen molar-refractivity contribution in [2.24, 2.45) is 5.92 Å². The Hall–Kier alpha value is -2.58. The number of carbonyl (C=O) groups is 1. The Morgan fingerprint density at radius 3 is 2.64 bits per heavy atom. The van der Waals surface area contributed by atoms with Crippen molar-refractivity contribution in [1.29, 1.82) is 0 Å². The number of carbonyl (C=O) groups excluding carboxylic acids is 1. The number of aliphatic hydroxyl groups excluding tert-OH is 1. The molecule has 0 radical (unpaired) electrons. The number of aromatic nitrogens is 1. The highest BCUT2D eigenvalue weighted by Crippen LogP contribution is 2.34. The molecule has 2 saturated heterocycles. The third kappa shape index (κ3) is 6.27. The van der Waals surface area contributed by atoms with Gasteiger partial charge in [0.25, 0.3) is 0 Å². The number of anilines is 1. The molecule has 2 N–H and O–H groups in total. The van der Waals surface area contributed by atoms with Crippen molar-refractivity contribution in [2.75, 3.05) is 37.6 Å². The van der Waals surface area contributed by atoms with Gasteiger partial charge in [0, 0.05) is 30.0 Å². The highest BCUT2D eigenvalue weighted by atomic mass is 35.5. The largest absolute Gasteiger partial charge is 0.489 e. The number of aliphatic hydroxyl groups is 1. The summed E-state index contributed by atoms with van der Waals surface area (Å²) in [5.41, 5.74) is 1.56. The van der Waals surface area contributed by atoms with E-state index in [2.05, 4.69) is 15.1 Å². The molecule has 0 spiro atoms. The van der Waals surface area contributed by atoms with Gasteiger partial charge in [0.15, 0.2) is 0 Å². The summed E-state index contributed by atoms with van der Waals surface area (Å²) in [4.78, 5) is 22.8. The first-order chi connectivity index (χ1) is 18.9. The number of nitrogens with one attached hydrogen (secondary N) is 1. The van der Waals surface area contributed by atoms with Crippen molar-refractivity contribution in [2.45, 2.75) is 50.4 Å². The van der Waals surface area contributed by atoms with Gasteiger partial charge in [0.1, 0.15) is 17.7 Å². The predicted molar refractivity (Wildman–Crippen MR) is 155 cm³/mol. The third-order valence-electron chi connectivity index (χ3n) is 8.00. The number of pyridine rings is 1. The zero-order valence-electron chi connectivity index (χ0n) is 21.9. The summed E-state index contributed by atoms with van der Waals surface area (Å²) in [6.07, 6.45) is 4.47. The average molecular weight is 570 g/mol. The van der Waals surface area contributed by atoms with Gasteiger partial charge in [-0.25, -0.2) is 4.98 Å². The first-order valence-corrected chi connectivity index (χ1v) is 14.7. The van der Waals surface area contributed by atoms with Crippen LogP contribution in [0.5, 0.6) is 5.75 Å². The Morgan fingerprint density at radius 2 is 1.87 bits per heavy atom. The zero-order chi connectivity index (χ0) is 26.9. The van der Waals surface area contributed by atoms with E-state index in [4.69, 9.17) is 32.9 Å². The normalized spacial score (nSPS) is 21.3. The summed E-state index contributed by atoms with van der Waals surface area (Å²) in [6.45, 7) is 3.88. The fraction of sp³-hybridized carbons (Fsp3) is 0.467. The molecule has 6 rings (SSSR count). The Kier molecular flexibility index (Phi) is 7.85. The predicted octanol–water partition coefficient (Wildman–Crippen LogP) is 5.22. The molecule has 206 valence electrons. The van der Waals surface area contributed by atoms with Crippen LogP contribution in [0.2, 0.25) is 10.0 Å². The summed E-state index contributed by atoms with van der Waals surface area (Å²) in [5, 5.41) is 16.8. The van der Waals surface area contributed by atoms with Gasteiger partial charge in [-0.2, -0.15) is 0 Å². The lowest BCUT2D eigenvalue weighted by molar-refractivity contribution is -0.126. The van der Waals surface area contributed by atoms with Gasteiger partial charge in [-0.15, -0.1) is 0 Å². The van der Waals surface area contributed by atoms with Crippen molar-refractivity contribution >= 4 is 45.8 Å². The van der Waals surface area contributed by atoms with Crippen molar-refractivity contribution in [3.8, 4) is 5.75 Å². The summed E-state index contributed by atoms with van der Waals surface area (Å²) in [5.74, 6) is 1.29. The third-order valence-corrected chi connectivity index (χ3v) is 8.53. The van der Waals surface area contributed by atoms with E-state index in [1.54, 1.807) is 6.07 Å². The number of hydrogen-bond donors (Lipinski definition) is 2. The van der Waals surface area contributed by atoms with E-state index < -0.39 is 12.1 Å². The molecule has 2 aromatic carbocycles. The summed E-state index contributed by atoms with van der Waals surface area (Å²) < 4.78 is 5.86. The van der Waals surface area contributed by atoms with E-state index >= 15 is 0 Å². The minimum atomic E-state index is -0.881. The van der Waals surface area contributed by atoms with E-state index in [9.17, 15) is 9.90 Å². The Morgan fingerprint density at radius 1 is 1.05 bits per heavy atom. The maximum absolute atomic E-state index is 13.5. The Bertz CT molecular complexity index is 1350. The van der Waals surface area contributed by atoms with Gasteiger partial charge in [0.05, 0.1) is 28.6 Å². The number of fused-ring (bicyclic) bond motifs is 1. The van der Waals surface area contributed by atoms with Crippen LogP contribution in [0, 0.1) is 5.92 Å². The molecular formula is C30H34Cl2N4O3. The number of likely N-dealkylation sites (tertiary alicyclic amines) is 1. The number of halogens is 2. The molecule has 1 saturated carbocycles. The van der Waals surface area contributed by atoms with Crippen LogP contribution >= 0.6 is 23.2 Å². The van der Waals surface area contributed by atoms with E-state index in [0.29, 0.717) is 34.4 Å². The van der Waals surface area contributed by atoms with Crippen LogP contribution in [0.4, 0.5) is 5.82 Å². The highest BCUT2D eigenvalue weighted by molar-refractivity contribution is 6.32. The molecule has 3 atom stereocenters. The summed E-state index contributed by atoms with van der Waals surface area (Å²) in [7, 11) is 0. The summed E-state index contributed by atoms with van der Waals surface area (Å²) in [6, 6.07) is 14.7. The molecule has 1 aromatic heterocycles. The second kappa shape index (κ2) is 11.5. The SMILES string of the molecule is O=C(NC(CN1CCCC1)C(O)c1ccc(OC2CC2)c(Cl)c1)C1CCN(c2ccc3cc(Cl)ccc3n2)C1. The molecule has 0 bridgehead atoms. The van der Waals surface area contributed by atoms with Crippen LogP contribution < -0.4 is 15.0 Å². The lowest BCUT2D eigenvalue weighted by atomic mass is 10.00. The van der Waals surface area contributed by atoms with Gasteiger partial charge in [-0.05, 0) is 93.2 Å². The maximum Gasteiger partial charge on any atom is 0.225 e. The first kappa shape index (κ1) is 26.6. The van der Waals surface area contributed by atoms with E-state index in [0.717, 1.165) is 68.5 Å². The van der Waals surface area contributed by atoms with Crippen LogP contribution in [0.25, 0.3) is 10.9 Å². The van der Waals surface area contributed by atoms with E-state index in [1.165, 1.54) is 0 Å². The van der Waals surface area contributed by atoms with Crippen molar-refractivity contribution in [3.63, 3.8) is 0 Å². The van der Waals surface area contributed by atoms with E-state index in [-0.39, 0.29) is 17.9 Å². The van der Waals surface area contributed by atoms with Crippen LogP contribution in [-0.4, -0.2) is 65.8 Å². The highest BCUT2D eigenvalue weighted by Gasteiger charge is 2.33. The Labute approximate surface area is 239 Å². The van der Waals surface area contributed by atoms with Gasteiger partial charge in [-0.3, -0.25) is 4.79 Å². The number of rotatable bonds is 9. The van der Waals surface area contributed by atoms with Gasteiger partial charge in [-0.1, -0.05) is 29.3 Å². The van der Waals surface area contributed by atoms with Crippen LogP contribution in [-0.2, 0) is 4.79 Å². The topological polar surface area (TPSA) is 77.9 Å². The smallest absolute Gasteiger partial charge is 0.225 e. The molecular weight excluding hydrogens is 535 g/mol. The molecule has 3 unspecified atom stereocenters. The van der Waals surface area contributed by atoms with Crippen LogP contribution in [0.3, 0.4) is 0 Å². The standard InChI is InChI=1S/C30H34Cl2N4O3/c31-22-5-8-25-19(15-22)4-10-28(33-25)36-14-11-21(17-36)30(38)34-26(18-35-12-1-2-13-35)29(37)20-3-9-27(24(32)16-20)39-23-6-7-23/h3-5,8-10,15-16,21,23,26,29,37H,1-2,6-7,11-14,17-18H2,(H,34,38). The lowest BCUT2D eigenvalue weighted by Crippen LogP contribution is -2.48. The molecule has 2 aliphatic heterocycles. The second-order valence-corrected chi connectivity index (χ2v) is 11.9.